The van der Waals surface area contributed by atoms with Gasteiger partial charge >= 0.3 is 0 Å². The molecule has 1 aliphatic rings. The van der Waals surface area contributed by atoms with Crippen LogP contribution in [0.25, 0.3) is 0 Å². The lowest BCUT2D eigenvalue weighted by Gasteiger charge is -2.32. The minimum absolute atomic E-state index is 0.0863. The van der Waals surface area contributed by atoms with E-state index in [4.69, 9.17) is 4.74 Å². The van der Waals surface area contributed by atoms with Crippen molar-refractivity contribution < 1.29 is 9.53 Å². The normalized spacial score (nSPS) is 21.0. The van der Waals surface area contributed by atoms with E-state index in [1.165, 1.54) is 0 Å². The number of rotatable bonds is 5. The van der Waals surface area contributed by atoms with Crippen molar-refractivity contribution in [2.24, 2.45) is 5.92 Å². The van der Waals surface area contributed by atoms with Gasteiger partial charge in [-0.2, -0.15) is 0 Å². The summed E-state index contributed by atoms with van der Waals surface area (Å²) >= 11 is 0. The zero-order valence-electron chi connectivity index (χ0n) is 15.6. The Labute approximate surface area is 154 Å². The van der Waals surface area contributed by atoms with Gasteiger partial charge in [-0.25, -0.2) is 15.0 Å². The van der Waals surface area contributed by atoms with Gasteiger partial charge in [0.1, 0.15) is 5.82 Å². The van der Waals surface area contributed by atoms with Crippen LogP contribution in [0.3, 0.4) is 0 Å². The molecule has 1 fully saturated rings. The van der Waals surface area contributed by atoms with Gasteiger partial charge in [-0.1, -0.05) is 0 Å². The number of ether oxygens (including phenoxy) is 1. The maximum Gasteiger partial charge on any atom is 0.253 e. The maximum atomic E-state index is 12.4. The molecule has 3 rings (SSSR count). The molecule has 2 heterocycles. The molecule has 1 aliphatic carbocycles. The van der Waals surface area contributed by atoms with E-state index in [1.54, 1.807) is 25.4 Å². The van der Waals surface area contributed by atoms with Crippen LogP contribution < -0.4 is 10.1 Å². The van der Waals surface area contributed by atoms with Crippen LogP contribution in [-0.4, -0.2) is 34.0 Å². The number of carbonyl (C=O) groups is 1. The molecule has 6 heteroatoms. The van der Waals surface area contributed by atoms with Gasteiger partial charge in [0, 0.05) is 36.1 Å². The third-order valence-electron chi connectivity index (χ3n) is 5.22. The fraction of sp³-hybridized carbons (Fsp3) is 0.500. The number of nitrogens with zero attached hydrogens (tertiary/aromatic N) is 3. The Balaban J connectivity index is 1.53. The van der Waals surface area contributed by atoms with Crippen molar-refractivity contribution in [3.63, 3.8) is 0 Å². The highest BCUT2D eigenvalue weighted by Crippen LogP contribution is 2.35. The van der Waals surface area contributed by atoms with Crippen molar-refractivity contribution >= 4 is 5.91 Å². The molecule has 1 N–H and O–H groups in total. The minimum Gasteiger partial charge on any atom is -0.481 e. The number of hydrogen-bond acceptors (Lipinski definition) is 5. The van der Waals surface area contributed by atoms with Crippen molar-refractivity contribution in [3.8, 4) is 5.88 Å². The second kappa shape index (κ2) is 8.25. The average molecular weight is 354 g/mol. The Hall–Kier alpha value is -2.50. The van der Waals surface area contributed by atoms with Crippen LogP contribution in [0.4, 0.5) is 0 Å². The number of aryl methyl sites for hydroxylation is 1. The van der Waals surface area contributed by atoms with Crippen LogP contribution in [0.2, 0.25) is 0 Å². The number of amides is 1. The summed E-state index contributed by atoms with van der Waals surface area (Å²) in [4.78, 5) is 25.5. The quantitative estimate of drug-likeness (QED) is 0.891. The summed E-state index contributed by atoms with van der Waals surface area (Å²) in [5, 5.41) is 3.12. The Kier molecular flexibility index (Phi) is 5.81. The highest BCUT2D eigenvalue weighted by molar-refractivity contribution is 5.94. The summed E-state index contributed by atoms with van der Waals surface area (Å²) in [5.41, 5.74) is 1.57. The number of carbonyl (C=O) groups excluding carboxylic acids is 1. The molecule has 1 atom stereocenters. The van der Waals surface area contributed by atoms with Gasteiger partial charge in [0.2, 0.25) is 5.88 Å². The predicted octanol–water partition coefficient (Wildman–Crippen LogP) is 3.28. The smallest absolute Gasteiger partial charge is 0.253 e. The maximum absolute atomic E-state index is 12.4. The molecule has 2 aromatic heterocycles. The molecule has 0 radical (unpaired) electrons. The van der Waals surface area contributed by atoms with Crippen LogP contribution in [0.15, 0.2) is 30.6 Å². The van der Waals surface area contributed by atoms with E-state index in [1.807, 2.05) is 19.2 Å². The lowest BCUT2D eigenvalue weighted by molar-refractivity contribution is 0.0917. The van der Waals surface area contributed by atoms with E-state index in [0.717, 1.165) is 37.2 Å². The molecule has 0 aromatic carbocycles. The predicted molar refractivity (Wildman–Crippen MR) is 99.2 cm³/mol. The van der Waals surface area contributed by atoms with E-state index in [9.17, 15) is 4.79 Å². The third-order valence-corrected chi connectivity index (χ3v) is 5.22. The molecular weight excluding hydrogens is 328 g/mol. The topological polar surface area (TPSA) is 77.0 Å². The molecule has 26 heavy (non-hydrogen) atoms. The number of aromatic nitrogens is 3. The molecule has 2 aromatic rings. The van der Waals surface area contributed by atoms with Crippen molar-refractivity contribution in [2.75, 3.05) is 7.11 Å². The zero-order chi connectivity index (χ0) is 18.5. The van der Waals surface area contributed by atoms with E-state index >= 15 is 0 Å². The molecule has 0 saturated heterocycles. The molecule has 6 nitrogen and oxygen atoms in total. The number of pyridine rings is 1. The summed E-state index contributed by atoms with van der Waals surface area (Å²) < 4.78 is 5.03. The first-order valence-corrected chi connectivity index (χ1v) is 9.17. The van der Waals surface area contributed by atoms with Crippen molar-refractivity contribution in [3.05, 3.63) is 47.7 Å². The molecular formula is C20H26N4O2. The van der Waals surface area contributed by atoms with Crippen LogP contribution in [0.1, 0.15) is 60.4 Å². The van der Waals surface area contributed by atoms with Gasteiger partial charge in [0.25, 0.3) is 5.91 Å². The van der Waals surface area contributed by atoms with Crippen LogP contribution in [0.5, 0.6) is 5.88 Å². The largest absolute Gasteiger partial charge is 0.481 e. The van der Waals surface area contributed by atoms with Gasteiger partial charge in [-0.05, 0) is 57.6 Å². The molecule has 1 saturated carbocycles. The van der Waals surface area contributed by atoms with Crippen LogP contribution in [-0.2, 0) is 0 Å². The summed E-state index contributed by atoms with van der Waals surface area (Å²) in [6.07, 6.45) is 7.67. The first-order chi connectivity index (χ1) is 12.6. The summed E-state index contributed by atoms with van der Waals surface area (Å²) in [5.74, 6) is 2.29. The summed E-state index contributed by atoms with van der Waals surface area (Å²) in [6, 6.07) is 5.50. The van der Waals surface area contributed by atoms with Crippen LogP contribution >= 0.6 is 0 Å². The molecule has 138 valence electrons. The third kappa shape index (κ3) is 4.36. The standard InChI is InChI=1S/C20H26N4O2/c1-13-10-11-21-19(23-13)16-6-4-15(5-7-16)14(2)24-20(25)17-8-9-18(26-3)22-12-17/h8-12,14-16H,4-7H2,1-3H3,(H,24,25). The lowest BCUT2D eigenvalue weighted by Crippen LogP contribution is -2.39. The Morgan fingerprint density at radius 3 is 2.58 bits per heavy atom. The van der Waals surface area contributed by atoms with Crippen molar-refractivity contribution in [2.45, 2.75) is 51.5 Å². The number of methoxy groups -OCH3 is 1. The van der Waals surface area contributed by atoms with Gasteiger partial charge in [0.05, 0.1) is 12.7 Å². The fourth-order valence-corrected chi connectivity index (χ4v) is 3.59. The molecule has 0 spiro atoms. The SMILES string of the molecule is COc1ccc(C(=O)NC(C)C2CCC(c3nccc(C)n3)CC2)cn1. The molecule has 0 bridgehead atoms. The summed E-state index contributed by atoms with van der Waals surface area (Å²) in [6.45, 7) is 4.09. The highest BCUT2D eigenvalue weighted by atomic mass is 16.5. The Morgan fingerprint density at radius 2 is 1.96 bits per heavy atom. The van der Waals surface area contributed by atoms with E-state index in [2.05, 4.69) is 27.2 Å². The second-order valence-electron chi connectivity index (χ2n) is 7.02. The molecule has 1 unspecified atom stereocenters. The first-order valence-electron chi connectivity index (χ1n) is 9.17. The van der Waals surface area contributed by atoms with Gasteiger partial charge in [-0.15, -0.1) is 0 Å². The Morgan fingerprint density at radius 1 is 1.19 bits per heavy atom. The number of nitrogens with one attached hydrogen (secondary N) is 1. The minimum atomic E-state index is -0.0863. The van der Waals surface area contributed by atoms with Crippen LogP contribution in [0, 0.1) is 12.8 Å². The highest BCUT2D eigenvalue weighted by Gasteiger charge is 2.28. The molecule has 1 amide bonds. The fourth-order valence-electron chi connectivity index (χ4n) is 3.59. The van der Waals surface area contributed by atoms with Gasteiger partial charge < -0.3 is 10.1 Å². The summed E-state index contributed by atoms with van der Waals surface area (Å²) in [7, 11) is 1.56. The van der Waals surface area contributed by atoms with Gasteiger partial charge in [-0.3, -0.25) is 4.79 Å². The zero-order valence-corrected chi connectivity index (χ0v) is 15.6. The Bertz CT molecular complexity index is 740. The first kappa shape index (κ1) is 18.3. The number of hydrogen-bond donors (Lipinski definition) is 1. The van der Waals surface area contributed by atoms with Crippen molar-refractivity contribution in [1.82, 2.24) is 20.3 Å². The van der Waals surface area contributed by atoms with Gasteiger partial charge in [0.15, 0.2) is 0 Å². The van der Waals surface area contributed by atoms with E-state index in [-0.39, 0.29) is 11.9 Å². The molecule has 0 aliphatic heterocycles. The second-order valence-corrected chi connectivity index (χ2v) is 7.02. The van der Waals surface area contributed by atoms with Crippen molar-refractivity contribution in [1.29, 1.82) is 0 Å². The average Bonchev–Trinajstić information content (AvgIpc) is 2.68. The van der Waals surface area contributed by atoms with E-state index in [0.29, 0.717) is 23.3 Å². The van der Waals surface area contributed by atoms with E-state index < -0.39 is 0 Å². The lowest BCUT2D eigenvalue weighted by atomic mass is 9.78. The monoisotopic (exact) mass is 354 g/mol.